The van der Waals surface area contributed by atoms with Crippen molar-refractivity contribution in [2.45, 2.75) is 32.2 Å². The van der Waals surface area contributed by atoms with Crippen molar-refractivity contribution >= 4 is 11.5 Å². The second-order valence-corrected chi connectivity index (χ2v) is 5.56. The second-order valence-electron chi connectivity index (χ2n) is 5.56. The molecule has 2 fully saturated rings. The van der Waals surface area contributed by atoms with E-state index in [1.54, 1.807) is 0 Å². The number of aromatic nitrogens is 1. The van der Waals surface area contributed by atoms with Crippen molar-refractivity contribution in [3.8, 4) is 0 Å². The average molecular weight is 260 g/mol. The van der Waals surface area contributed by atoms with Crippen LogP contribution in [0.2, 0.25) is 0 Å². The Bertz CT molecular complexity index is 420. The molecule has 1 N–H and O–H groups in total. The largest absolute Gasteiger partial charge is 0.370 e. The van der Waals surface area contributed by atoms with Crippen LogP contribution in [0.3, 0.4) is 0 Å². The van der Waals surface area contributed by atoms with Crippen molar-refractivity contribution in [2.75, 3.05) is 42.9 Å². The lowest BCUT2D eigenvalue weighted by molar-refractivity contribution is 0.273. The zero-order valence-electron chi connectivity index (χ0n) is 11.8. The smallest absolute Gasteiger partial charge is 0.127 e. The number of anilines is 2. The molecule has 3 heterocycles. The summed E-state index contributed by atoms with van der Waals surface area (Å²) in [5.74, 6) is 0.993. The molecule has 0 bridgehead atoms. The van der Waals surface area contributed by atoms with Gasteiger partial charge in [-0.05, 0) is 38.8 Å². The fourth-order valence-electron chi connectivity index (χ4n) is 3.34. The molecular weight excluding hydrogens is 236 g/mol. The van der Waals surface area contributed by atoms with Gasteiger partial charge in [-0.25, -0.2) is 4.98 Å². The Morgan fingerprint density at radius 1 is 1.32 bits per heavy atom. The molecule has 104 valence electrons. The highest BCUT2D eigenvalue weighted by Gasteiger charge is 2.28. The molecule has 4 heteroatoms. The van der Waals surface area contributed by atoms with Crippen molar-refractivity contribution < 1.29 is 0 Å². The van der Waals surface area contributed by atoms with Gasteiger partial charge in [-0.2, -0.15) is 0 Å². The number of hydrogen-bond donors (Lipinski definition) is 1. The normalized spacial score (nSPS) is 24.1. The first-order chi connectivity index (χ1) is 9.36. The van der Waals surface area contributed by atoms with Gasteiger partial charge in [0.1, 0.15) is 5.82 Å². The van der Waals surface area contributed by atoms with Crippen LogP contribution in [0, 0.1) is 0 Å². The first kappa shape index (κ1) is 12.7. The summed E-state index contributed by atoms with van der Waals surface area (Å²) in [7, 11) is 0. The number of rotatable bonds is 3. The average Bonchev–Trinajstić information content (AvgIpc) is 2.77. The van der Waals surface area contributed by atoms with Crippen LogP contribution in [0.25, 0.3) is 0 Å². The molecule has 0 radical (unpaired) electrons. The molecule has 1 aromatic heterocycles. The summed E-state index contributed by atoms with van der Waals surface area (Å²) in [4.78, 5) is 9.58. The molecule has 0 spiro atoms. The molecule has 3 rings (SSSR count). The van der Waals surface area contributed by atoms with Crippen LogP contribution >= 0.6 is 0 Å². The predicted octanol–water partition coefficient (Wildman–Crippen LogP) is 2.19. The standard InChI is InChI=1S/C15H24N4/c1-2-16-15-11-13(6-7-17-15)19-10-4-9-18-8-3-5-14(18)12-19/h6-7,11,14H,2-5,8-10,12H2,1H3,(H,16,17). The number of nitrogens with one attached hydrogen (secondary N) is 1. The van der Waals surface area contributed by atoms with Crippen LogP contribution in [-0.2, 0) is 0 Å². The summed E-state index contributed by atoms with van der Waals surface area (Å²) in [5, 5.41) is 3.30. The van der Waals surface area contributed by atoms with Crippen molar-refractivity contribution in [1.82, 2.24) is 9.88 Å². The molecule has 1 aromatic rings. The number of hydrogen-bond acceptors (Lipinski definition) is 4. The second kappa shape index (κ2) is 5.78. The lowest BCUT2D eigenvalue weighted by atomic mass is 10.2. The molecule has 0 amide bonds. The summed E-state index contributed by atoms with van der Waals surface area (Å²) in [6.07, 6.45) is 5.93. The molecule has 2 aliphatic rings. The van der Waals surface area contributed by atoms with Crippen LogP contribution in [0.1, 0.15) is 26.2 Å². The van der Waals surface area contributed by atoms with Gasteiger partial charge in [0.25, 0.3) is 0 Å². The Morgan fingerprint density at radius 2 is 2.21 bits per heavy atom. The first-order valence-corrected chi connectivity index (χ1v) is 7.56. The molecule has 19 heavy (non-hydrogen) atoms. The highest BCUT2D eigenvalue weighted by Crippen LogP contribution is 2.25. The van der Waals surface area contributed by atoms with Crippen molar-refractivity contribution in [3.05, 3.63) is 18.3 Å². The minimum atomic E-state index is 0.762. The molecule has 1 atom stereocenters. The Morgan fingerprint density at radius 3 is 3.11 bits per heavy atom. The van der Waals surface area contributed by atoms with Crippen molar-refractivity contribution in [3.63, 3.8) is 0 Å². The van der Waals surface area contributed by atoms with Gasteiger partial charge < -0.3 is 10.2 Å². The SMILES string of the molecule is CCNc1cc(N2CCCN3CCCC3C2)ccn1. The summed E-state index contributed by atoms with van der Waals surface area (Å²) in [5.41, 5.74) is 1.32. The minimum Gasteiger partial charge on any atom is -0.370 e. The van der Waals surface area contributed by atoms with Gasteiger partial charge in [-0.3, -0.25) is 4.90 Å². The summed E-state index contributed by atoms with van der Waals surface area (Å²) in [6, 6.07) is 5.10. The fraction of sp³-hybridized carbons (Fsp3) is 0.667. The third-order valence-corrected chi connectivity index (χ3v) is 4.27. The van der Waals surface area contributed by atoms with Crippen molar-refractivity contribution in [1.29, 1.82) is 0 Å². The highest BCUT2D eigenvalue weighted by molar-refractivity contribution is 5.54. The zero-order chi connectivity index (χ0) is 13.1. The van der Waals surface area contributed by atoms with E-state index in [0.29, 0.717) is 0 Å². The zero-order valence-corrected chi connectivity index (χ0v) is 11.8. The Hall–Kier alpha value is -1.29. The van der Waals surface area contributed by atoms with Gasteiger partial charge in [0.15, 0.2) is 0 Å². The van der Waals surface area contributed by atoms with E-state index in [4.69, 9.17) is 0 Å². The minimum absolute atomic E-state index is 0.762. The summed E-state index contributed by atoms with van der Waals surface area (Å²) < 4.78 is 0. The third kappa shape index (κ3) is 2.84. The van der Waals surface area contributed by atoms with E-state index in [1.807, 2.05) is 6.20 Å². The van der Waals surface area contributed by atoms with E-state index in [9.17, 15) is 0 Å². The van der Waals surface area contributed by atoms with E-state index in [1.165, 1.54) is 51.1 Å². The van der Waals surface area contributed by atoms with Gasteiger partial charge in [0, 0.05) is 50.2 Å². The van der Waals surface area contributed by atoms with Crippen LogP contribution < -0.4 is 10.2 Å². The van der Waals surface area contributed by atoms with Crippen LogP contribution in [0.5, 0.6) is 0 Å². The number of fused-ring (bicyclic) bond motifs is 1. The monoisotopic (exact) mass is 260 g/mol. The number of nitrogens with zero attached hydrogens (tertiary/aromatic N) is 3. The Labute approximate surface area is 115 Å². The van der Waals surface area contributed by atoms with E-state index in [-0.39, 0.29) is 0 Å². The van der Waals surface area contributed by atoms with E-state index < -0.39 is 0 Å². The maximum atomic E-state index is 4.37. The molecule has 2 saturated heterocycles. The molecule has 0 saturated carbocycles. The molecule has 1 unspecified atom stereocenters. The first-order valence-electron chi connectivity index (χ1n) is 7.56. The van der Waals surface area contributed by atoms with E-state index >= 15 is 0 Å². The fourth-order valence-corrected chi connectivity index (χ4v) is 3.34. The van der Waals surface area contributed by atoms with E-state index in [2.05, 4.69) is 39.2 Å². The predicted molar refractivity (Wildman–Crippen MR) is 79.8 cm³/mol. The highest BCUT2D eigenvalue weighted by atomic mass is 15.3. The maximum Gasteiger partial charge on any atom is 0.127 e. The topological polar surface area (TPSA) is 31.4 Å². The Balaban J connectivity index is 1.75. The molecule has 0 aliphatic carbocycles. The van der Waals surface area contributed by atoms with E-state index in [0.717, 1.165) is 18.4 Å². The Kier molecular flexibility index (Phi) is 3.87. The quantitative estimate of drug-likeness (QED) is 0.902. The van der Waals surface area contributed by atoms with Crippen LogP contribution in [0.15, 0.2) is 18.3 Å². The van der Waals surface area contributed by atoms with Crippen LogP contribution in [-0.4, -0.2) is 48.6 Å². The van der Waals surface area contributed by atoms with Gasteiger partial charge in [-0.15, -0.1) is 0 Å². The molecule has 4 nitrogen and oxygen atoms in total. The molecule has 0 aromatic carbocycles. The van der Waals surface area contributed by atoms with Crippen molar-refractivity contribution in [2.24, 2.45) is 0 Å². The molecular formula is C15H24N4. The van der Waals surface area contributed by atoms with Crippen LogP contribution in [0.4, 0.5) is 11.5 Å². The van der Waals surface area contributed by atoms with Gasteiger partial charge >= 0.3 is 0 Å². The maximum absolute atomic E-state index is 4.37. The van der Waals surface area contributed by atoms with Gasteiger partial charge in [0.05, 0.1) is 0 Å². The van der Waals surface area contributed by atoms with Gasteiger partial charge in [-0.1, -0.05) is 0 Å². The summed E-state index contributed by atoms with van der Waals surface area (Å²) in [6.45, 7) is 7.95. The number of pyridine rings is 1. The van der Waals surface area contributed by atoms with Gasteiger partial charge in [0.2, 0.25) is 0 Å². The lowest BCUT2D eigenvalue weighted by Gasteiger charge is -2.27. The lowest BCUT2D eigenvalue weighted by Crippen LogP contribution is -2.36. The summed E-state index contributed by atoms with van der Waals surface area (Å²) >= 11 is 0. The third-order valence-electron chi connectivity index (χ3n) is 4.27. The molecule has 2 aliphatic heterocycles.